The maximum atomic E-state index is 14.5. The molecule has 0 aliphatic carbocycles. The Morgan fingerprint density at radius 2 is 1.87 bits per heavy atom. The molecule has 0 radical (unpaired) electrons. The molecule has 2 N–H and O–H groups in total. The zero-order chi connectivity index (χ0) is 33.1. The molecule has 2 aliphatic rings. The third-order valence-corrected chi connectivity index (χ3v) is 9.23. The van der Waals surface area contributed by atoms with E-state index in [-0.39, 0.29) is 54.6 Å². The lowest BCUT2D eigenvalue weighted by Gasteiger charge is -2.31. The Balaban J connectivity index is 1.55. The van der Waals surface area contributed by atoms with Gasteiger partial charge in [0.1, 0.15) is 19.0 Å². The molecule has 2 aromatic heterocycles. The van der Waals surface area contributed by atoms with Crippen LogP contribution in [-0.2, 0) is 47.5 Å². The number of pyridine rings is 2. The fourth-order valence-corrected chi connectivity index (χ4v) is 6.17. The number of fused-ring (bicyclic) bond motifs is 5. The maximum Gasteiger partial charge on any atom is 0.420 e. The van der Waals surface area contributed by atoms with Crippen molar-refractivity contribution < 1.29 is 32.5 Å². The van der Waals surface area contributed by atoms with Gasteiger partial charge in [0.2, 0.25) is 0 Å². The minimum Gasteiger partial charge on any atom is -0.488 e. The van der Waals surface area contributed by atoms with Crippen molar-refractivity contribution in [1.29, 1.82) is 0 Å². The summed E-state index contributed by atoms with van der Waals surface area (Å²) in [7, 11) is 5.61. The minimum atomic E-state index is -4.73. The molecule has 2 aliphatic heterocycles. The van der Waals surface area contributed by atoms with Gasteiger partial charge in [0.05, 0.1) is 34.6 Å². The second-order valence-electron chi connectivity index (χ2n) is 12.1. The van der Waals surface area contributed by atoms with E-state index in [2.05, 4.69) is 5.32 Å². The first kappa shape index (κ1) is 31.6. The number of carbonyl (C=O) groups is 1. The zero-order valence-corrected chi connectivity index (χ0v) is 26.2. The first-order valence-electron chi connectivity index (χ1n) is 15.1. The molecule has 0 bridgehead atoms. The number of halogens is 3. The number of nitrogens with one attached hydrogen (secondary N) is 1. The molecule has 0 saturated carbocycles. The van der Waals surface area contributed by atoms with Crippen molar-refractivity contribution >= 4 is 22.6 Å². The summed E-state index contributed by atoms with van der Waals surface area (Å²) in [5, 5.41) is 14.7. The molecular weight excluding hydrogens is 601 g/mol. The van der Waals surface area contributed by atoms with Crippen molar-refractivity contribution in [3.63, 3.8) is 0 Å². The SMILES string of the molecule is CC[C@@]1(O)C(=O)OCc2c1cc1n(c2=O)Cc2c-1nc1cc(C(F)(F)F)c(OCc3ccc(NC)cc3)cc1c2CC(C)N(C)C. The van der Waals surface area contributed by atoms with Gasteiger partial charge in [-0.1, -0.05) is 19.1 Å². The van der Waals surface area contributed by atoms with Gasteiger partial charge >= 0.3 is 12.1 Å². The molecule has 6 rings (SSSR count). The van der Waals surface area contributed by atoms with Crippen molar-refractivity contribution in [1.82, 2.24) is 14.5 Å². The Hall–Kier alpha value is -4.42. The first-order chi connectivity index (χ1) is 21.8. The summed E-state index contributed by atoms with van der Waals surface area (Å²) in [6.07, 6.45) is -4.31. The van der Waals surface area contributed by atoms with Crippen molar-refractivity contribution in [2.75, 3.05) is 26.5 Å². The number of alkyl halides is 3. The average molecular weight is 637 g/mol. The van der Waals surface area contributed by atoms with E-state index in [0.29, 0.717) is 34.3 Å². The van der Waals surface area contributed by atoms with Gasteiger partial charge in [0.15, 0.2) is 5.60 Å². The summed E-state index contributed by atoms with van der Waals surface area (Å²) in [6, 6.07) is 11.2. The van der Waals surface area contributed by atoms with Gasteiger partial charge < -0.3 is 29.4 Å². The Labute approximate surface area is 263 Å². The Morgan fingerprint density at radius 1 is 1.15 bits per heavy atom. The van der Waals surface area contributed by atoms with Gasteiger partial charge in [0.25, 0.3) is 5.56 Å². The van der Waals surface area contributed by atoms with Gasteiger partial charge in [-0.2, -0.15) is 13.2 Å². The molecule has 4 heterocycles. The molecule has 0 saturated heterocycles. The monoisotopic (exact) mass is 636 g/mol. The third kappa shape index (κ3) is 5.19. The van der Waals surface area contributed by atoms with Crippen molar-refractivity contribution in [3.8, 4) is 17.1 Å². The molecule has 12 heteroatoms. The largest absolute Gasteiger partial charge is 0.488 e. The second-order valence-corrected chi connectivity index (χ2v) is 12.1. The van der Waals surface area contributed by atoms with Crippen LogP contribution in [0.25, 0.3) is 22.3 Å². The lowest BCUT2D eigenvalue weighted by Crippen LogP contribution is -2.44. The van der Waals surface area contributed by atoms with Gasteiger partial charge in [-0.15, -0.1) is 0 Å². The number of carbonyl (C=O) groups excluding carboxylic acids is 1. The highest BCUT2D eigenvalue weighted by atomic mass is 19.4. The molecule has 0 fully saturated rings. The van der Waals surface area contributed by atoms with Crippen LogP contribution in [0.1, 0.15) is 53.6 Å². The number of benzene rings is 2. The molecule has 0 amide bonds. The zero-order valence-electron chi connectivity index (χ0n) is 26.2. The molecule has 1 unspecified atom stereocenters. The number of cyclic esters (lactones) is 1. The topological polar surface area (TPSA) is 106 Å². The molecule has 0 spiro atoms. The van der Waals surface area contributed by atoms with Crippen LogP contribution >= 0.6 is 0 Å². The van der Waals surface area contributed by atoms with Gasteiger partial charge in [-0.3, -0.25) is 4.79 Å². The fourth-order valence-electron chi connectivity index (χ4n) is 6.17. The van der Waals surface area contributed by atoms with Crippen LogP contribution in [0.4, 0.5) is 18.9 Å². The summed E-state index contributed by atoms with van der Waals surface area (Å²) >= 11 is 0. The van der Waals surface area contributed by atoms with Crippen molar-refractivity contribution in [3.05, 3.63) is 86.2 Å². The number of esters is 1. The predicted molar refractivity (Wildman–Crippen MR) is 167 cm³/mol. The average Bonchev–Trinajstić information content (AvgIpc) is 3.40. The Bertz CT molecular complexity index is 1920. The number of likely N-dealkylation sites (N-methyl/N-ethyl adjacent to an activating group) is 1. The summed E-state index contributed by atoms with van der Waals surface area (Å²) in [4.78, 5) is 33.1. The number of rotatable bonds is 8. The number of hydrogen-bond donors (Lipinski definition) is 2. The van der Waals surface area contributed by atoms with E-state index in [1.165, 1.54) is 10.6 Å². The number of aliphatic hydroxyl groups is 1. The van der Waals surface area contributed by atoms with Crippen molar-refractivity contribution in [2.45, 2.75) is 64.3 Å². The van der Waals surface area contributed by atoms with Crippen LogP contribution in [0.3, 0.4) is 0 Å². The van der Waals surface area contributed by atoms with E-state index >= 15 is 0 Å². The van der Waals surface area contributed by atoms with Crippen LogP contribution in [0.5, 0.6) is 5.75 Å². The number of aromatic nitrogens is 2. The molecule has 9 nitrogen and oxygen atoms in total. The third-order valence-electron chi connectivity index (χ3n) is 9.23. The van der Waals surface area contributed by atoms with Crippen LogP contribution < -0.4 is 15.6 Å². The van der Waals surface area contributed by atoms with E-state index < -0.39 is 28.9 Å². The van der Waals surface area contributed by atoms with Crippen molar-refractivity contribution in [2.24, 2.45) is 0 Å². The molecule has 2 atom stereocenters. The first-order valence-corrected chi connectivity index (χ1v) is 15.1. The number of ether oxygens (including phenoxy) is 2. The van der Waals surface area contributed by atoms with Crippen LogP contribution in [0.2, 0.25) is 0 Å². The second kappa shape index (κ2) is 11.4. The summed E-state index contributed by atoms with van der Waals surface area (Å²) in [5.74, 6) is -1.16. The van der Waals surface area contributed by atoms with E-state index in [0.717, 1.165) is 17.3 Å². The van der Waals surface area contributed by atoms with Gasteiger partial charge in [-0.25, -0.2) is 9.78 Å². The number of anilines is 1. The normalized spacial score (nSPS) is 17.8. The van der Waals surface area contributed by atoms with E-state index in [9.17, 15) is 27.9 Å². The molecular formula is C34H35F3N4O5. The molecule has 242 valence electrons. The molecule has 2 aromatic carbocycles. The Morgan fingerprint density at radius 3 is 2.50 bits per heavy atom. The lowest BCUT2D eigenvalue weighted by atomic mass is 9.86. The quantitative estimate of drug-likeness (QED) is 0.224. The van der Waals surface area contributed by atoms with Gasteiger partial charge in [0, 0.05) is 35.3 Å². The standard InChI is InChI=1S/C34H35F3N4O5/c1-6-33(44)25-14-28-30-23(15-41(28)31(42)24(25)17-46-32(33)43)21(11-18(2)40(4)5)22-12-29(26(34(35,36)37)13-27(22)39-30)45-16-19-7-9-20(38-3)10-8-19/h7-10,12-14,18,38,44H,6,11,15-17H2,1-5H3/t18?,33-/m0/s1. The van der Waals surface area contributed by atoms with Crippen LogP contribution in [-0.4, -0.2) is 52.7 Å². The smallest absolute Gasteiger partial charge is 0.420 e. The molecule has 46 heavy (non-hydrogen) atoms. The summed E-state index contributed by atoms with van der Waals surface area (Å²) < 4.78 is 56.0. The summed E-state index contributed by atoms with van der Waals surface area (Å²) in [5.41, 5.74) is 0.678. The van der Waals surface area contributed by atoms with E-state index in [1.54, 1.807) is 32.2 Å². The fraction of sp³-hybridized carbons (Fsp3) is 0.382. The highest BCUT2D eigenvalue weighted by Crippen LogP contribution is 2.44. The lowest BCUT2D eigenvalue weighted by molar-refractivity contribution is -0.172. The highest BCUT2D eigenvalue weighted by molar-refractivity contribution is 5.91. The van der Waals surface area contributed by atoms with Crippen LogP contribution in [0, 0.1) is 0 Å². The molecule has 4 aromatic rings. The van der Waals surface area contributed by atoms with E-state index in [4.69, 9.17) is 14.5 Å². The predicted octanol–water partition coefficient (Wildman–Crippen LogP) is 5.21. The van der Waals surface area contributed by atoms with Gasteiger partial charge in [-0.05, 0) is 75.3 Å². The van der Waals surface area contributed by atoms with Crippen LogP contribution in [0.15, 0.2) is 47.3 Å². The van der Waals surface area contributed by atoms with E-state index in [1.807, 2.05) is 38.1 Å². The Kier molecular flexibility index (Phi) is 7.84. The number of nitrogens with zero attached hydrogens (tertiary/aromatic N) is 3. The minimum absolute atomic E-state index is 0.0168. The maximum absolute atomic E-state index is 14.5. The summed E-state index contributed by atoms with van der Waals surface area (Å²) in [6.45, 7) is 3.39. The highest BCUT2D eigenvalue weighted by Gasteiger charge is 2.45. The number of hydrogen-bond acceptors (Lipinski definition) is 8.